The van der Waals surface area contributed by atoms with Crippen molar-refractivity contribution in [3.8, 4) is 16.9 Å². The third-order valence-corrected chi connectivity index (χ3v) is 8.01. The molecule has 0 unspecified atom stereocenters. The Hall–Kier alpha value is -4.42. The first-order valence-corrected chi connectivity index (χ1v) is 16.3. The van der Waals surface area contributed by atoms with E-state index < -0.39 is 17.7 Å². The molecule has 1 aliphatic heterocycles. The minimum Gasteiger partial charge on any atom is -0.444 e. The van der Waals surface area contributed by atoms with Gasteiger partial charge in [-0.3, -0.25) is 14.2 Å². The second kappa shape index (κ2) is 15.0. The molecule has 2 aromatic carbocycles. The number of ether oxygens (including phenoxy) is 1. The average Bonchev–Trinajstić information content (AvgIpc) is 3.45. The molecule has 47 heavy (non-hydrogen) atoms. The van der Waals surface area contributed by atoms with E-state index in [1.807, 2.05) is 24.3 Å². The lowest BCUT2D eigenvalue weighted by Gasteiger charge is -2.23. The number of fused-ring (bicyclic) bond motifs is 2. The van der Waals surface area contributed by atoms with Crippen molar-refractivity contribution in [3.05, 3.63) is 87.1 Å². The number of halogens is 2. The molecule has 0 radical (unpaired) electrons. The fourth-order valence-electron chi connectivity index (χ4n) is 5.44. The molecule has 5 rings (SSSR count). The maximum Gasteiger partial charge on any atom is 0.407 e. The van der Waals surface area contributed by atoms with Crippen molar-refractivity contribution in [1.29, 1.82) is 0 Å². The Morgan fingerprint density at radius 2 is 1.91 bits per heavy atom. The lowest BCUT2D eigenvalue weighted by Crippen LogP contribution is -2.42. The van der Waals surface area contributed by atoms with E-state index in [0.29, 0.717) is 41.4 Å². The molecule has 0 saturated heterocycles. The summed E-state index contributed by atoms with van der Waals surface area (Å²) in [6.07, 6.45) is 6.12. The second-order valence-electron chi connectivity index (χ2n) is 12.4. The summed E-state index contributed by atoms with van der Waals surface area (Å²) in [6, 6.07) is 13.5. The van der Waals surface area contributed by atoms with Crippen molar-refractivity contribution in [2.75, 3.05) is 18.4 Å². The number of nitrogens with zero attached hydrogens (tertiary/aromatic N) is 5. The minimum absolute atomic E-state index is 0.151. The zero-order valence-electron chi connectivity index (χ0n) is 26.5. The summed E-state index contributed by atoms with van der Waals surface area (Å²) in [5.41, 5.74) is 2.43. The topological polar surface area (TPSA) is 145 Å². The number of anilines is 1. The zero-order valence-corrected chi connectivity index (χ0v) is 28.0. The molecule has 1 aliphatic rings. The van der Waals surface area contributed by atoms with Gasteiger partial charge in [-0.05, 0) is 75.9 Å². The van der Waals surface area contributed by atoms with Crippen molar-refractivity contribution in [3.63, 3.8) is 0 Å². The highest BCUT2D eigenvalue weighted by Crippen LogP contribution is 2.30. The van der Waals surface area contributed by atoms with Gasteiger partial charge in [0.2, 0.25) is 5.91 Å². The molecule has 2 bridgehead atoms. The summed E-state index contributed by atoms with van der Waals surface area (Å²) >= 11 is 12.3. The predicted molar refractivity (Wildman–Crippen MR) is 181 cm³/mol. The number of hydrogen-bond donors (Lipinski definition) is 3. The maximum absolute atomic E-state index is 13.7. The summed E-state index contributed by atoms with van der Waals surface area (Å²) in [5, 5.41) is 17.7. The third-order valence-electron chi connectivity index (χ3n) is 7.60. The highest BCUT2D eigenvalue weighted by molar-refractivity contribution is 6.31. The molecule has 3 heterocycles. The summed E-state index contributed by atoms with van der Waals surface area (Å²) in [5.74, 6) is -0.151. The van der Waals surface area contributed by atoms with Gasteiger partial charge in [-0.1, -0.05) is 53.4 Å². The van der Waals surface area contributed by atoms with Crippen molar-refractivity contribution in [2.45, 2.75) is 70.6 Å². The molecule has 0 fully saturated rings. The summed E-state index contributed by atoms with van der Waals surface area (Å²) in [6.45, 7) is 6.15. The van der Waals surface area contributed by atoms with E-state index in [-0.39, 0.29) is 29.2 Å². The van der Waals surface area contributed by atoms with Gasteiger partial charge in [0.05, 0.1) is 29.9 Å². The molecule has 2 atom stereocenters. The van der Waals surface area contributed by atoms with E-state index in [0.717, 1.165) is 30.5 Å². The molecule has 2 aromatic heterocycles. The highest BCUT2D eigenvalue weighted by Gasteiger charge is 2.23. The molecular weight excluding hydrogens is 643 g/mol. The number of amides is 2. The number of benzene rings is 2. The van der Waals surface area contributed by atoms with Crippen LogP contribution in [0.1, 0.15) is 64.5 Å². The standard InChI is InChI=1S/C33H38Cl2N8O4/c1-33(2,3)47-32(46)37-15-13-25-31(45)36-14-6-4-5-10-27(21-8-7-9-23(16-21)39-25)42-20-38-26(18-30(42)44)24-17-22(34)11-12-28(24)43-19-29(35)40-41-43/h7-9,11-12,16-20,25,27,39H,4-6,10,13-15H2,1-3H3,(H,36,45)(H,37,46)/t25-,27+/m1/s1. The average molecular weight is 682 g/mol. The second-order valence-corrected chi connectivity index (χ2v) is 13.2. The molecule has 0 saturated carbocycles. The van der Waals surface area contributed by atoms with Crippen LogP contribution in [-0.4, -0.2) is 61.3 Å². The normalized spacial score (nSPS) is 17.3. The van der Waals surface area contributed by atoms with Gasteiger partial charge in [-0.25, -0.2) is 14.5 Å². The van der Waals surface area contributed by atoms with Crippen molar-refractivity contribution < 1.29 is 14.3 Å². The fraction of sp³-hybridized carbons (Fsp3) is 0.394. The van der Waals surface area contributed by atoms with Crippen LogP contribution in [0.15, 0.2) is 65.8 Å². The van der Waals surface area contributed by atoms with Gasteiger partial charge < -0.3 is 20.7 Å². The SMILES string of the molecule is CC(C)(C)OC(=O)NCC[C@H]1Nc2cccc(c2)[C@@H](n2cnc(-c3cc(Cl)ccc3-n3cc(Cl)nn3)cc2=O)CCCCCNC1=O. The molecule has 12 nitrogen and oxygen atoms in total. The van der Waals surface area contributed by atoms with E-state index >= 15 is 0 Å². The van der Waals surface area contributed by atoms with Crippen molar-refractivity contribution >= 4 is 40.9 Å². The maximum atomic E-state index is 13.7. The molecule has 14 heteroatoms. The van der Waals surface area contributed by atoms with Crippen LogP contribution < -0.4 is 21.5 Å². The van der Waals surface area contributed by atoms with Crippen LogP contribution in [0, 0.1) is 0 Å². The van der Waals surface area contributed by atoms with E-state index in [4.69, 9.17) is 32.9 Å². The Morgan fingerprint density at radius 1 is 1.09 bits per heavy atom. The molecule has 248 valence electrons. The summed E-state index contributed by atoms with van der Waals surface area (Å²) in [4.78, 5) is 43.7. The number of hydrogen-bond acceptors (Lipinski definition) is 8. The van der Waals surface area contributed by atoms with E-state index in [2.05, 4.69) is 26.3 Å². The fourth-order valence-corrected chi connectivity index (χ4v) is 5.74. The number of carbonyl (C=O) groups is 2. The third kappa shape index (κ3) is 9.11. The van der Waals surface area contributed by atoms with Gasteiger partial charge in [0.15, 0.2) is 5.15 Å². The molecule has 0 spiro atoms. The number of aromatic nitrogens is 5. The Balaban J connectivity index is 1.41. The van der Waals surface area contributed by atoms with Gasteiger partial charge >= 0.3 is 6.09 Å². The lowest BCUT2D eigenvalue weighted by atomic mass is 9.99. The first-order chi connectivity index (χ1) is 22.5. The van der Waals surface area contributed by atoms with Crippen molar-refractivity contribution in [2.24, 2.45) is 0 Å². The smallest absolute Gasteiger partial charge is 0.407 e. The van der Waals surface area contributed by atoms with Crippen LogP contribution in [0.5, 0.6) is 0 Å². The van der Waals surface area contributed by atoms with Gasteiger partial charge in [-0.2, -0.15) is 0 Å². The van der Waals surface area contributed by atoms with Crippen LogP contribution in [0.4, 0.5) is 10.5 Å². The Labute approximate surface area is 282 Å². The van der Waals surface area contributed by atoms with E-state index in [1.165, 1.54) is 10.7 Å². The van der Waals surface area contributed by atoms with Gasteiger partial charge in [-0.15, -0.1) is 5.10 Å². The quantitative estimate of drug-likeness (QED) is 0.233. The first kappa shape index (κ1) is 33.9. The van der Waals surface area contributed by atoms with Gasteiger partial charge in [0, 0.05) is 35.4 Å². The van der Waals surface area contributed by atoms with Crippen LogP contribution >= 0.6 is 23.2 Å². The van der Waals surface area contributed by atoms with Gasteiger partial charge in [0.25, 0.3) is 5.56 Å². The Kier molecular flexibility index (Phi) is 10.8. The van der Waals surface area contributed by atoms with Crippen LogP contribution in [0.3, 0.4) is 0 Å². The molecule has 3 N–H and O–H groups in total. The number of nitrogens with one attached hydrogen (secondary N) is 3. The highest BCUT2D eigenvalue weighted by atomic mass is 35.5. The van der Waals surface area contributed by atoms with Crippen LogP contribution in [-0.2, 0) is 9.53 Å². The zero-order chi connectivity index (χ0) is 33.6. The van der Waals surface area contributed by atoms with E-state index in [9.17, 15) is 14.4 Å². The number of rotatable bonds is 6. The number of carbonyl (C=O) groups excluding carboxylic acids is 2. The monoisotopic (exact) mass is 680 g/mol. The first-order valence-electron chi connectivity index (χ1n) is 15.5. The summed E-state index contributed by atoms with van der Waals surface area (Å²) < 4.78 is 8.47. The predicted octanol–water partition coefficient (Wildman–Crippen LogP) is 5.77. The Bertz CT molecular complexity index is 1780. The van der Waals surface area contributed by atoms with Crippen LogP contribution in [0.2, 0.25) is 10.2 Å². The molecule has 4 aromatic rings. The molecule has 2 amide bonds. The van der Waals surface area contributed by atoms with Gasteiger partial charge in [0.1, 0.15) is 11.6 Å². The Morgan fingerprint density at radius 3 is 2.66 bits per heavy atom. The van der Waals surface area contributed by atoms with Crippen molar-refractivity contribution in [1.82, 2.24) is 35.2 Å². The van der Waals surface area contributed by atoms with E-state index in [1.54, 1.807) is 56.1 Å². The largest absolute Gasteiger partial charge is 0.444 e. The lowest BCUT2D eigenvalue weighted by molar-refractivity contribution is -0.122. The minimum atomic E-state index is -0.620. The molecular formula is C33H38Cl2N8O4. The summed E-state index contributed by atoms with van der Waals surface area (Å²) in [7, 11) is 0. The number of alkyl carbamates (subject to hydrolysis) is 1. The molecule has 0 aliphatic carbocycles. The van der Waals surface area contributed by atoms with Crippen LogP contribution in [0.25, 0.3) is 16.9 Å².